The van der Waals surface area contributed by atoms with Crippen LogP contribution in [0.1, 0.15) is 6.92 Å². The van der Waals surface area contributed by atoms with E-state index in [2.05, 4.69) is 9.37 Å². The van der Waals surface area contributed by atoms with Gasteiger partial charge in [-0.1, -0.05) is 36.4 Å². The van der Waals surface area contributed by atoms with E-state index in [-0.39, 0.29) is 29.6 Å². The van der Waals surface area contributed by atoms with Gasteiger partial charge in [0.05, 0.1) is 16.9 Å². The molecule has 4 rings (SSSR count). The van der Waals surface area contributed by atoms with Gasteiger partial charge in [-0.05, 0) is 33.7 Å². The van der Waals surface area contributed by atoms with Crippen molar-refractivity contribution in [2.75, 3.05) is 0 Å². The van der Waals surface area contributed by atoms with Crippen LogP contribution < -0.4 is 39.6 Å². The topological polar surface area (TPSA) is 67.8 Å². The minimum Gasteiger partial charge on any atom is -0.691 e. The predicted octanol–water partition coefficient (Wildman–Crippen LogP) is 0.744. The number of benzene rings is 4. The summed E-state index contributed by atoms with van der Waals surface area (Å²) in [4.78, 5) is 12.1. The number of esters is 1. The number of carbonyl (C=O) groups excluding carboxylic acids is 1. The Balaban J connectivity index is 0.00000182. The second kappa shape index (κ2) is 7.47. The van der Waals surface area contributed by atoms with Crippen molar-refractivity contribution in [3.63, 3.8) is 0 Å². The van der Waals surface area contributed by atoms with E-state index in [0.29, 0.717) is 10.6 Å². The Bertz CT molecular complexity index is 1050. The van der Waals surface area contributed by atoms with Crippen molar-refractivity contribution >= 4 is 50.3 Å². The van der Waals surface area contributed by atoms with Gasteiger partial charge < -0.3 is 9.99 Å². The van der Waals surface area contributed by atoms with E-state index >= 15 is 0 Å². The normalized spacial score (nSPS) is 11.1. The summed E-state index contributed by atoms with van der Waals surface area (Å²) in [5, 5.41) is 19.6. The standard InChI is InChI=1S/C18H12O5S.Na/c1-10(19)21-15-9-16(24-23-22-20)14-8-6-12-4-2-3-11-5-7-13(15)18(14)17(11)12;/h2-9,20H,1H3;/q;+1/p-1. The van der Waals surface area contributed by atoms with E-state index in [1.54, 1.807) is 6.07 Å². The Hall–Kier alpha value is -1.38. The molecule has 0 aliphatic rings. The van der Waals surface area contributed by atoms with Gasteiger partial charge in [-0.2, -0.15) is 4.33 Å². The van der Waals surface area contributed by atoms with Crippen molar-refractivity contribution in [3.8, 4) is 5.75 Å². The van der Waals surface area contributed by atoms with Crippen LogP contribution in [0.3, 0.4) is 0 Å². The molecule has 0 amide bonds. The van der Waals surface area contributed by atoms with Crippen LogP contribution in [-0.4, -0.2) is 5.97 Å². The number of carbonyl (C=O) groups is 1. The molecule has 0 spiro atoms. The first kappa shape index (κ1) is 18.4. The van der Waals surface area contributed by atoms with Gasteiger partial charge in [0.2, 0.25) is 0 Å². The SMILES string of the molecule is CC(=O)Oc1cc(SOO[O-])c2ccc3cccc4ccc1c2c43.[Na+]. The minimum absolute atomic E-state index is 0. The zero-order valence-electron chi connectivity index (χ0n) is 13.6. The van der Waals surface area contributed by atoms with Crippen molar-refractivity contribution in [2.24, 2.45) is 0 Å². The van der Waals surface area contributed by atoms with E-state index in [9.17, 15) is 10.1 Å². The summed E-state index contributed by atoms with van der Waals surface area (Å²) < 4.78 is 9.86. The van der Waals surface area contributed by atoms with Crippen molar-refractivity contribution in [2.45, 2.75) is 11.8 Å². The molecule has 4 aromatic carbocycles. The van der Waals surface area contributed by atoms with Crippen LogP contribution in [0.4, 0.5) is 0 Å². The summed E-state index contributed by atoms with van der Waals surface area (Å²) in [5.41, 5.74) is 0. The third kappa shape index (κ3) is 3.22. The summed E-state index contributed by atoms with van der Waals surface area (Å²) >= 11 is 0.788. The molecule has 120 valence electrons. The molecule has 0 unspecified atom stereocenters. The molecule has 7 heteroatoms. The summed E-state index contributed by atoms with van der Waals surface area (Å²) in [5.74, 6) is 0.00669. The zero-order chi connectivity index (χ0) is 16.7. The molecule has 0 fully saturated rings. The third-order valence-corrected chi connectivity index (χ3v) is 4.62. The number of hydrogen-bond donors (Lipinski definition) is 0. The van der Waals surface area contributed by atoms with Gasteiger partial charge in [0, 0.05) is 17.7 Å². The second-order valence-electron chi connectivity index (χ2n) is 5.37. The van der Waals surface area contributed by atoms with Crippen molar-refractivity contribution < 1.29 is 53.7 Å². The van der Waals surface area contributed by atoms with Crippen LogP contribution in [0, 0.1) is 0 Å². The summed E-state index contributed by atoms with van der Waals surface area (Å²) in [7, 11) is 0. The maximum Gasteiger partial charge on any atom is 1.00 e. The van der Waals surface area contributed by atoms with Gasteiger partial charge in [0.25, 0.3) is 0 Å². The fraction of sp³-hybridized carbons (Fsp3) is 0.0556. The summed E-state index contributed by atoms with van der Waals surface area (Å²) in [6, 6.07) is 15.6. The first-order valence-electron chi connectivity index (χ1n) is 7.21. The molecule has 0 bridgehead atoms. The van der Waals surface area contributed by atoms with Crippen LogP contribution in [0.25, 0.3) is 32.3 Å². The maximum atomic E-state index is 11.5. The monoisotopic (exact) mass is 362 g/mol. The van der Waals surface area contributed by atoms with Crippen LogP contribution in [0.2, 0.25) is 0 Å². The molecule has 0 N–H and O–H groups in total. The fourth-order valence-electron chi connectivity index (χ4n) is 3.13. The smallest absolute Gasteiger partial charge is 0.691 e. The van der Waals surface area contributed by atoms with Crippen LogP contribution in [0.15, 0.2) is 53.4 Å². The molecule has 0 aliphatic carbocycles. The van der Waals surface area contributed by atoms with Gasteiger partial charge in [-0.3, -0.25) is 9.83 Å². The molecule has 0 saturated carbocycles. The molecule has 0 saturated heterocycles. The Morgan fingerprint density at radius 2 is 1.68 bits per heavy atom. The first-order valence-corrected chi connectivity index (χ1v) is 7.95. The maximum absolute atomic E-state index is 11.5. The average molecular weight is 362 g/mol. The number of ether oxygens (including phenoxy) is 1. The Morgan fingerprint density at radius 1 is 1.00 bits per heavy atom. The predicted molar refractivity (Wildman–Crippen MR) is 89.5 cm³/mol. The Morgan fingerprint density at radius 3 is 2.32 bits per heavy atom. The molecule has 0 aromatic heterocycles. The van der Waals surface area contributed by atoms with Crippen LogP contribution >= 0.6 is 12.0 Å². The number of hydrogen-bond acceptors (Lipinski definition) is 6. The van der Waals surface area contributed by atoms with Gasteiger partial charge in [0.1, 0.15) is 5.75 Å². The van der Waals surface area contributed by atoms with Crippen molar-refractivity contribution in [3.05, 3.63) is 48.5 Å². The van der Waals surface area contributed by atoms with Gasteiger partial charge in [0.15, 0.2) is 0 Å². The second-order valence-corrected chi connectivity index (χ2v) is 6.11. The quantitative estimate of drug-likeness (QED) is 0.101. The van der Waals surface area contributed by atoms with Crippen molar-refractivity contribution in [1.29, 1.82) is 0 Å². The third-order valence-electron chi connectivity index (χ3n) is 3.98. The van der Waals surface area contributed by atoms with E-state index in [1.807, 2.05) is 42.5 Å². The molecule has 0 atom stereocenters. The molecule has 0 radical (unpaired) electrons. The molecule has 5 nitrogen and oxygen atoms in total. The minimum atomic E-state index is -0.415. The Labute approximate surface area is 169 Å². The molecule has 0 heterocycles. The van der Waals surface area contributed by atoms with Crippen LogP contribution in [0.5, 0.6) is 5.75 Å². The molecular formula is C18H11NaO5S. The molecule has 4 aromatic rings. The van der Waals surface area contributed by atoms with E-state index in [1.165, 1.54) is 6.92 Å². The van der Waals surface area contributed by atoms with Crippen LogP contribution in [-0.2, 0) is 14.2 Å². The van der Waals surface area contributed by atoms with Gasteiger partial charge in [-0.25, -0.2) is 0 Å². The Kier molecular flexibility index (Phi) is 5.50. The van der Waals surface area contributed by atoms with Crippen molar-refractivity contribution in [1.82, 2.24) is 0 Å². The van der Waals surface area contributed by atoms with E-state index in [4.69, 9.17) is 4.74 Å². The zero-order valence-corrected chi connectivity index (χ0v) is 16.4. The molecular weight excluding hydrogens is 351 g/mol. The van der Waals surface area contributed by atoms with Gasteiger partial charge >= 0.3 is 35.5 Å². The first-order chi connectivity index (χ1) is 11.7. The molecule has 0 aliphatic heterocycles. The summed E-state index contributed by atoms with van der Waals surface area (Å²) in [6.45, 7) is 1.35. The van der Waals surface area contributed by atoms with E-state index < -0.39 is 5.97 Å². The fourth-order valence-corrected chi connectivity index (χ4v) is 3.64. The summed E-state index contributed by atoms with van der Waals surface area (Å²) in [6.07, 6.45) is 0. The average Bonchev–Trinajstić information content (AvgIpc) is 2.58. The largest absolute Gasteiger partial charge is 1.00 e. The molecule has 25 heavy (non-hydrogen) atoms. The number of rotatable bonds is 4. The van der Waals surface area contributed by atoms with E-state index in [0.717, 1.165) is 44.4 Å². The van der Waals surface area contributed by atoms with Gasteiger partial charge in [-0.15, -0.1) is 0 Å².